The van der Waals surface area contributed by atoms with Gasteiger partial charge in [0.05, 0.1) is 11.3 Å². The summed E-state index contributed by atoms with van der Waals surface area (Å²) in [5.41, 5.74) is 2.61. The predicted molar refractivity (Wildman–Crippen MR) is 126 cm³/mol. The van der Waals surface area contributed by atoms with Crippen molar-refractivity contribution in [3.05, 3.63) is 95.8 Å². The Morgan fingerprint density at radius 1 is 0.938 bits per heavy atom. The molecule has 4 heteroatoms. The second-order valence-corrected chi connectivity index (χ2v) is 9.22. The summed E-state index contributed by atoms with van der Waals surface area (Å²) in [6, 6.07) is 25.1. The van der Waals surface area contributed by atoms with Crippen LogP contribution in [0.5, 0.6) is 5.75 Å². The molecule has 1 saturated heterocycles. The van der Waals surface area contributed by atoms with Gasteiger partial charge in [0, 0.05) is 31.2 Å². The van der Waals surface area contributed by atoms with Crippen molar-refractivity contribution in [2.24, 2.45) is 5.92 Å². The van der Waals surface area contributed by atoms with Crippen LogP contribution >= 0.6 is 0 Å². The molecule has 32 heavy (non-hydrogen) atoms. The summed E-state index contributed by atoms with van der Waals surface area (Å²) >= 11 is 0. The Bertz CT molecular complexity index is 993. The van der Waals surface area contributed by atoms with Gasteiger partial charge in [0.2, 0.25) is 0 Å². The number of benzene rings is 2. The Labute approximate surface area is 190 Å². The molecule has 3 aromatic rings. The quantitative estimate of drug-likeness (QED) is 0.578. The van der Waals surface area contributed by atoms with E-state index in [1.165, 1.54) is 24.8 Å². The van der Waals surface area contributed by atoms with Gasteiger partial charge in [0.15, 0.2) is 0 Å². The zero-order chi connectivity index (χ0) is 21.8. The van der Waals surface area contributed by atoms with Gasteiger partial charge in [-0.25, -0.2) is 0 Å². The number of aromatic nitrogens is 1. The van der Waals surface area contributed by atoms with Crippen LogP contribution in [0.2, 0.25) is 0 Å². The first-order valence-electron chi connectivity index (χ1n) is 11.9. The number of fused-ring (bicyclic) bond motifs is 1. The molecule has 2 aliphatic rings. The number of hydrogen-bond acceptors (Lipinski definition) is 4. The van der Waals surface area contributed by atoms with Crippen molar-refractivity contribution in [3.63, 3.8) is 0 Å². The van der Waals surface area contributed by atoms with Gasteiger partial charge < -0.3 is 9.84 Å². The molecule has 1 N–H and O–H groups in total. The summed E-state index contributed by atoms with van der Waals surface area (Å²) in [5.74, 6) is 1.17. The normalized spacial score (nSPS) is 25.8. The number of piperidine rings is 1. The molecule has 0 radical (unpaired) electrons. The van der Waals surface area contributed by atoms with Gasteiger partial charge >= 0.3 is 0 Å². The molecule has 166 valence electrons. The number of aliphatic hydroxyl groups is 1. The van der Waals surface area contributed by atoms with Gasteiger partial charge in [-0.2, -0.15) is 0 Å². The highest BCUT2D eigenvalue weighted by Crippen LogP contribution is 2.47. The zero-order valence-corrected chi connectivity index (χ0v) is 18.6. The molecule has 5 rings (SSSR count). The lowest BCUT2D eigenvalue weighted by atomic mass is 9.66. The van der Waals surface area contributed by atoms with Crippen molar-refractivity contribution < 1.29 is 9.84 Å². The third kappa shape index (κ3) is 4.43. The van der Waals surface area contributed by atoms with Crippen LogP contribution < -0.4 is 4.74 Å². The molecule has 0 bridgehead atoms. The molecule has 3 atom stereocenters. The molecule has 1 aliphatic carbocycles. The van der Waals surface area contributed by atoms with E-state index in [4.69, 9.17) is 4.74 Å². The van der Waals surface area contributed by atoms with Crippen LogP contribution in [0, 0.1) is 5.92 Å². The van der Waals surface area contributed by atoms with Gasteiger partial charge in [0.25, 0.3) is 0 Å². The lowest BCUT2D eigenvalue weighted by Crippen LogP contribution is -2.57. The lowest BCUT2D eigenvalue weighted by Gasteiger charge is -2.52. The molecule has 2 aromatic carbocycles. The van der Waals surface area contributed by atoms with Crippen molar-refractivity contribution >= 4 is 0 Å². The molecular formula is C28H32N2O2. The molecule has 0 spiro atoms. The number of likely N-dealkylation sites (tertiary alicyclic amines) is 1. The monoisotopic (exact) mass is 428 g/mol. The molecule has 1 aliphatic heterocycles. The number of rotatable bonds is 6. The minimum atomic E-state index is -0.702. The smallest absolute Gasteiger partial charge is 0.130 e. The Kier molecular flexibility index (Phi) is 6.24. The Balaban J connectivity index is 1.25. The first kappa shape index (κ1) is 21.2. The number of nitrogens with zero attached hydrogens (tertiary/aromatic N) is 2. The highest BCUT2D eigenvalue weighted by atomic mass is 16.5. The van der Waals surface area contributed by atoms with E-state index < -0.39 is 5.60 Å². The fourth-order valence-electron chi connectivity index (χ4n) is 5.62. The highest BCUT2D eigenvalue weighted by Gasteiger charge is 2.48. The van der Waals surface area contributed by atoms with Crippen LogP contribution in [-0.2, 0) is 18.8 Å². The van der Waals surface area contributed by atoms with E-state index >= 15 is 0 Å². The molecule has 0 amide bonds. The number of hydrogen-bond donors (Lipinski definition) is 1. The molecule has 2 fully saturated rings. The van der Waals surface area contributed by atoms with Crippen LogP contribution in [0.3, 0.4) is 0 Å². The minimum Gasteiger partial charge on any atom is -0.487 e. The van der Waals surface area contributed by atoms with Gasteiger partial charge in [0.1, 0.15) is 12.4 Å². The lowest BCUT2D eigenvalue weighted by molar-refractivity contribution is -0.123. The maximum atomic E-state index is 11.8. The second kappa shape index (κ2) is 9.43. The fourth-order valence-corrected chi connectivity index (χ4v) is 5.62. The Morgan fingerprint density at radius 2 is 1.72 bits per heavy atom. The summed E-state index contributed by atoms with van der Waals surface area (Å²) in [6.07, 6.45) is 7.33. The van der Waals surface area contributed by atoms with Gasteiger partial charge in [-0.3, -0.25) is 9.88 Å². The Morgan fingerprint density at radius 3 is 2.50 bits per heavy atom. The summed E-state index contributed by atoms with van der Waals surface area (Å²) in [6.45, 7) is 2.32. The van der Waals surface area contributed by atoms with E-state index in [0.717, 1.165) is 42.9 Å². The van der Waals surface area contributed by atoms with Gasteiger partial charge in [-0.05, 0) is 54.7 Å². The van der Waals surface area contributed by atoms with E-state index in [9.17, 15) is 5.11 Å². The molecule has 2 heterocycles. The van der Waals surface area contributed by atoms with Crippen LogP contribution in [0.4, 0.5) is 0 Å². The molecule has 4 nitrogen and oxygen atoms in total. The van der Waals surface area contributed by atoms with Crippen molar-refractivity contribution in [3.8, 4) is 5.75 Å². The van der Waals surface area contributed by atoms with E-state index in [1.807, 2.05) is 24.3 Å². The maximum absolute atomic E-state index is 11.8. The average Bonchev–Trinajstić information content (AvgIpc) is 2.87. The molecular weight excluding hydrogens is 396 g/mol. The topological polar surface area (TPSA) is 45.6 Å². The molecule has 0 unspecified atom stereocenters. The van der Waals surface area contributed by atoms with E-state index in [0.29, 0.717) is 18.6 Å². The first-order chi connectivity index (χ1) is 15.7. The first-order valence-corrected chi connectivity index (χ1v) is 11.9. The van der Waals surface area contributed by atoms with E-state index in [1.54, 1.807) is 6.20 Å². The van der Waals surface area contributed by atoms with Gasteiger partial charge in [-0.1, -0.05) is 61.4 Å². The van der Waals surface area contributed by atoms with Crippen LogP contribution in [0.25, 0.3) is 0 Å². The standard InChI is InChI=1S/C28H32N2O2/c31-28(23-8-2-1-3-9-23)17-19-30(27-12-5-4-11-26(27)28)20-22-13-15-25(16-14-22)32-21-24-10-6-7-18-29-24/h1-3,6-10,13-16,18,26-27,31H,4-5,11-12,17,19-21H2/t26-,27+,28+/m0/s1. The fraction of sp³-hybridized carbons (Fsp3) is 0.393. The second-order valence-electron chi connectivity index (χ2n) is 9.22. The number of pyridine rings is 1. The SMILES string of the molecule is O[C@@]1(c2ccccc2)CCN(Cc2ccc(OCc3ccccn3)cc2)[C@@H]2CCCC[C@@H]21. The Hall–Kier alpha value is -2.69. The van der Waals surface area contributed by atoms with Gasteiger partial charge in [-0.15, -0.1) is 0 Å². The maximum Gasteiger partial charge on any atom is 0.130 e. The highest BCUT2D eigenvalue weighted by molar-refractivity contribution is 5.29. The largest absolute Gasteiger partial charge is 0.487 e. The summed E-state index contributed by atoms with van der Waals surface area (Å²) in [4.78, 5) is 6.91. The number of ether oxygens (including phenoxy) is 1. The average molecular weight is 429 g/mol. The minimum absolute atomic E-state index is 0.299. The van der Waals surface area contributed by atoms with Crippen molar-refractivity contribution in [2.75, 3.05) is 6.54 Å². The van der Waals surface area contributed by atoms with Crippen molar-refractivity contribution in [1.82, 2.24) is 9.88 Å². The zero-order valence-electron chi connectivity index (χ0n) is 18.6. The summed E-state index contributed by atoms with van der Waals surface area (Å²) in [7, 11) is 0. The molecule has 1 aromatic heterocycles. The summed E-state index contributed by atoms with van der Waals surface area (Å²) < 4.78 is 5.89. The van der Waals surface area contributed by atoms with E-state index in [-0.39, 0.29) is 0 Å². The van der Waals surface area contributed by atoms with Crippen LogP contribution in [-0.4, -0.2) is 27.6 Å². The van der Waals surface area contributed by atoms with E-state index in [2.05, 4.69) is 58.4 Å². The van der Waals surface area contributed by atoms with Crippen LogP contribution in [0.15, 0.2) is 79.0 Å². The molecule has 1 saturated carbocycles. The van der Waals surface area contributed by atoms with Crippen LogP contribution in [0.1, 0.15) is 48.9 Å². The van der Waals surface area contributed by atoms with Crippen molar-refractivity contribution in [1.29, 1.82) is 0 Å². The predicted octanol–water partition coefficient (Wildman–Crippen LogP) is 5.31. The third-order valence-corrected chi connectivity index (χ3v) is 7.29. The van der Waals surface area contributed by atoms with Crippen molar-refractivity contribution in [2.45, 2.75) is 56.9 Å². The third-order valence-electron chi connectivity index (χ3n) is 7.29. The summed E-state index contributed by atoms with van der Waals surface area (Å²) in [5, 5.41) is 11.8.